The van der Waals surface area contributed by atoms with Gasteiger partial charge in [0.05, 0.1) is 6.54 Å². The van der Waals surface area contributed by atoms with Crippen LogP contribution in [0.2, 0.25) is 0 Å². The van der Waals surface area contributed by atoms with Crippen molar-refractivity contribution in [3.05, 3.63) is 11.8 Å². The van der Waals surface area contributed by atoms with E-state index >= 15 is 0 Å². The first-order chi connectivity index (χ1) is 9.26. The van der Waals surface area contributed by atoms with E-state index in [9.17, 15) is 0 Å². The summed E-state index contributed by atoms with van der Waals surface area (Å²) in [6, 6.07) is 0.582. The van der Waals surface area contributed by atoms with Crippen molar-refractivity contribution in [1.29, 1.82) is 0 Å². The quantitative estimate of drug-likeness (QED) is 0.881. The molecule has 5 nitrogen and oxygen atoms in total. The molecule has 1 aromatic heterocycles. The van der Waals surface area contributed by atoms with Gasteiger partial charge in [-0.15, -0.1) is 10.2 Å². The molecule has 2 aliphatic rings. The van der Waals surface area contributed by atoms with E-state index in [1.54, 1.807) is 0 Å². The molecule has 19 heavy (non-hydrogen) atoms. The van der Waals surface area contributed by atoms with Crippen molar-refractivity contribution in [3.63, 3.8) is 0 Å². The molecule has 2 aliphatic carbocycles. The van der Waals surface area contributed by atoms with E-state index in [1.807, 2.05) is 0 Å². The SMILES string of the molecule is CN(Cc1nnc(C2CC2)o1)C1CCC(CO)CC1. The maximum atomic E-state index is 9.16. The summed E-state index contributed by atoms with van der Waals surface area (Å²) in [7, 11) is 2.13. The molecule has 2 fully saturated rings. The molecule has 0 saturated heterocycles. The minimum atomic E-state index is 0.338. The first kappa shape index (κ1) is 13.1. The third-order valence-electron chi connectivity index (χ3n) is 4.49. The van der Waals surface area contributed by atoms with E-state index in [0.29, 0.717) is 24.5 Å². The Morgan fingerprint density at radius 1 is 1.16 bits per heavy atom. The van der Waals surface area contributed by atoms with Gasteiger partial charge in [0.2, 0.25) is 11.8 Å². The van der Waals surface area contributed by atoms with Crippen LogP contribution < -0.4 is 0 Å². The number of aliphatic hydroxyl groups is 1. The monoisotopic (exact) mass is 265 g/mol. The van der Waals surface area contributed by atoms with Crippen molar-refractivity contribution in [2.45, 2.75) is 57.0 Å². The molecular weight excluding hydrogens is 242 g/mol. The Labute approximate surface area is 114 Å². The van der Waals surface area contributed by atoms with Crippen molar-refractivity contribution in [2.24, 2.45) is 5.92 Å². The zero-order valence-corrected chi connectivity index (χ0v) is 11.6. The summed E-state index contributed by atoms with van der Waals surface area (Å²) in [6.45, 7) is 1.08. The molecule has 5 heteroatoms. The lowest BCUT2D eigenvalue weighted by Gasteiger charge is -2.33. The van der Waals surface area contributed by atoms with Gasteiger partial charge in [0.1, 0.15) is 0 Å². The van der Waals surface area contributed by atoms with Crippen LogP contribution in [0.4, 0.5) is 0 Å². The smallest absolute Gasteiger partial charge is 0.230 e. The standard InChI is InChI=1S/C14H23N3O2/c1-17(12-6-2-10(9-18)3-7-12)8-13-15-16-14(19-13)11-4-5-11/h10-12,18H,2-9H2,1H3. The first-order valence-corrected chi connectivity index (χ1v) is 7.39. The van der Waals surface area contributed by atoms with Crippen molar-refractivity contribution in [2.75, 3.05) is 13.7 Å². The van der Waals surface area contributed by atoms with Gasteiger partial charge in [-0.2, -0.15) is 0 Å². The van der Waals surface area contributed by atoms with Crippen LogP contribution in [0.5, 0.6) is 0 Å². The van der Waals surface area contributed by atoms with E-state index in [4.69, 9.17) is 9.52 Å². The summed E-state index contributed by atoms with van der Waals surface area (Å²) < 4.78 is 5.71. The highest BCUT2D eigenvalue weighted by atomic mass is 16.4. The maximum Gasteiger partial charge on any atom is 0.230 e. The fraction of sp³-hybridized carbons (Fsp3) is 0.857. The van der Waals surface area contributed by atoms with Crippen LogP contribution in [0.25, 0.3) is 0 Å². The van der Waals surface area contributed by atoms with Gasteiger partial charge in [-0.1, -0.05) is 0 Å². The predicted octanol–water partition coefficient (Wildman–Crippen LogP) is 1.93. The average molecular weight is 265 g/mol. The number of rotatable bonds is 5. The molecule has 0 aliphatic heterocycles. The van der Waals surface area contributed by atoms with E-state index in [0.717, 1.165) is 44.0 Å². The van der Waals surface area contributed by atoms with Gasteiger partial charge >= 0.3 is 0 Å². The minimum Gasteiger partial charge on any atom is -0.424 e. The molecule has 0 atom stereocenters. The number of hydrogen-bond acceptors (Lipinski definition) is 5. The van der Waals surface area contributed by atoms with Crippen molar-refractivity contribution in [1.82, 2.24) is 15.1 Å². The van der Waals surface area contributed by atoms with Gasteiger partial charge in [0.15, 0.2) is 0 Å². The summed E-state index contributed by atoms with van der Waals surface area (Å²) in [5.41, 5.74) is 0. The minimum absolute atomic E-state index is 0.338. The zero-order valence-electron chi connectivity index (χ0n) is 11.6. The molecule has 0 amide bonds. The Kier molecular flexibility index (Phi) is 3.84. The second-order valence-corrected chi connectivity index (χ2v) is 6.08. The number of aliphatic hydroxyl groups excluding tert-OH is 1. The van der Waals surface area contributed by atoms with E-state index in [2.05, 4.69) is 22.1 Å². The number of aromatic nitrogens is 2. The fourth-order valence-corrected chi connectivity index (χ4v) is 2.94. The van der Waals surface area contributed by atoms with E-state index in [-0.39, 0.29) is 0 Å². The molecule has 0 unspecified atom stereocenters. The molecule has 0 spiro atoms. The van der Waals surface area contributed by atoms with Crippen LogP contribution in [0.3, 0.4) is 0 Å². The topological polar surface area (TPSA) is 62.4 Å². The summed E-state index contributed by atoms with van der Waals surface area (Å²) in [4.78, 5) is 2.32. The van der Waals surface area contributed by atoms with Gasteiger partial charge in [0.25, 0.3) is 0 Å². The Morgan fingerprint density at radius 2 is 1.89 bits per heavy atom. The largest absolute Gasteiger partial charge is 0.424 e. The van der Waals surface area contributed by atoms with Crippen LogP contribution in [-0.4, -0.2) is 39.9 Å². The molecule has 2 saturated carbocycles. The maximum absolute atomic E-state index is 9.16. The predicted molar refractivity (Wildman–Crippen MR) is 70.6 cm³/mol. The third-order valence-corrected chi connectivity index (χ3v) is 4.49. The summed E-state index contributed by atoms with van der Waals surface area (Å²) in [5.74, 6) is 2.61. The highest BCUT2D eigenvalue weighted by Gasteiger charge is 2.30. The van der Waals surface area contributed by atoms with Gasteiger partial charge in [-0.05, 0) is 51.5 Å². The molecule has 0 radical (unpaired) electrons. The number of hydrogen-bond donors (Lipinski definition) is 1. The molecule has 1 heterocycles. The Hall–Kier alpha value is -0.940. The average Bonchev–Trinajstić information content (AvgIpc) is 3.20. The first-order valence-electron chi connectivity index (χ1n) is 7.39. The Bertz CT molecular complexity index is 409. The summed E-state index contributed by atoms with van der Waals surface area (Å²) in [5, 5.41) is 17.4. The second-order valence-electron chi connectivity index (χ2n) is 6.08. The highest BCUT2D eigenvalue weighted by molar-refractivity contribution is 5.00. The fourth-order valence-electron chi connectivity index (χ4n) is 2.94. The second kappa shape index (κ2) is 5.59. The molecule has 0 aromatic carbocycles. The van der Waals surface area contributed by atoms with Gasteiger partial charge in [-0.3, -0.25) is 4.90 Å². The molecular formula is C14H23N3O2. The molecule has 1 aromatic rings. The zero-order chi connectivity index (χ0) is 13.2. The van der Waals surface area contributed by atoms with Crippen LogP contribution in [0.15, 0.2) is 4.42 Å². The Balaban J connectivity index is 1.51. The van der Waals surface area contributed by atoms with Gasteiger partial charge in [-0.25, -0.2) is 0 Å². The lowest BCUT2D eigenvalue weighted by molar-refractivity contribution is 0.118. The van der Waals surface area contributed by atoms with E-state index in [1.165, 1.54) is 12.8 Å². The Morgan fingerprint density at radius 3 is 2.53 bits per heavy atom. The van der Waals surface area contributed by atoms with Crippen LogP contribution in [0, 0.1) is 5.92 Å². The normalized spacial score (nSPS) is 27.9. The van der Waals surface area contributed by atoms with Gasteiger partial charge in [0, 0.05) is 18.6 Å². The van der Waals surface area contributed by atoms with Crippen LogP contribution in [0.1, 0.15) is 56.2 Å². The lowest BCUT2D eigenvalue weighted by atomic mass is 9.86. The van der Waals surface area contributed by atoms with Crippen LogP contribution >= 0.6 is 0 Å². The molecule has 106 valence electrons. The van der Waals surface area contributed by atoms with Crippen molar-refractivity contribution < 1.29 is 9.52 Å². The van der Waals surface area contributed by atoms with Crippen molar-refractivity contribution >= 4 is 0 Å². The van der Waals surface area contributed by atoms with Crippen molar-refractivity contribution in [3.8, 4) is 0 Å². The van der Waals surface area contributed by atoms with Crippen LogP contribution in [-0.2, 0) is 6.54 Å². The molecule has 3 rings (SSSR count). The number of nitrogens with zero attached hydrogens (tertiary/aromatic N) is 3. The van der Waals surface area contributed by atoms with Gasteiger partial charge < -0.3 is 9.52 Å². The summed E-state index contributed by atoms with van der Waals surface area (Å²) in [6.07, 6.45) is 6.97. The summed E-state index contributed by atoms with van der Waals surface area (Å²) >= 11 is 0. The molecule has 0 bridgehead atoms. The molecule has 1 N–H and O–H groups in total. The highest BCUT2D eigenvalue weighted by Crippen LogP contribution is 2.39. The lowest BCUT2D eigenvalue weighted by Crippen LogP contribution is -2.35. The van der Waals surface area contributed by atoms with E-state index < -0.39 is 0 Å². The third kappa shape index (κ3) is 3.15.